The van der Waals surface area contributed by atoms with Crippen molar-refractivity contribution in [2.45, 2.75) is 12.8 Å². The highest BCUT2D eigenvalue weighted by Crippen LogP contribution is 2.23. The maximum absolute atomic E-state index is 13.1. The molecule has 0 fully saturated rings. The summed E-state index contributed by atoms with van der Waals surface area (Å²) in [4.78, 5) is 10.6. The molecule has 1 N–H and O–H groups in total. The molecule has 1 atom stereocenters. The van der Waals surface area contributed by atoms with Crippen LogP contribution in [0.25, 0.3) is 0 Å². The van der Waals surface area contributed by atoms with Crippen molar-refractivity contribution in [3.63, 3.8) is 0 Å². The van der Waals surface area contributed by atoms with Crippen LogP contribution >= 0.6 is 15.9 Å². The highest BCUT2D eigenvalue weighted by molar-refractivity contribution is 9.10. The number of carboxylic acids is 1. The van der Waals surface area contributed by atoms with Gasteiger partial charge in [-0.2, -0.15) is 0 Å². The third-order valence-corrected chi connectivity index (χ3v) is 2.29. The van der Waals surface area contributed by atoms with Crippen molar-refractivity contribution in [2.24, 2.45) is 0 Å². The second kappa shape index (κ2) is 3.87. The van der Waals surface area contributed by atoms with E-state index < -0.39 is 17.7 Å². The first-order valence-electron chi connectivity index (χ1n) is 3.70. The van der Waals surface area contributed by atoms with Gasteiger partial charge in [0.2, 0.25) is 0 Å². The number of carbonyl (C=O) groups is 1. The van der Waals surface area contributed by atoms with Crippen LogP contribution in [0.4, 0.5) is 4.39 Å². The lowest BCUT2D eigenvalue weighted by molar-refractivity contribution is -0.138. The third-order valence-electron chi connectivity index (χ3n) is 1.79. The van der Waals surface area contributed by atoms with Crippen LogP contribution in [0.2, 0.25) is 0 Å². The monoisotopic (exact) mass is 246 g/mol. The van der Waals surface area contributed by atoms with Gasteiger partial charge < -0.3 is 5.11 Å². The zero-order valence-corrected chi connectivity index (χ0v) is 8.51. The quantitative estimate of drug-likeness (QED) is 0.872. The zero-order valence-electron chi connectivity index (χ0n) is 6.92. The first-order chi connectivity index (χ1) is 6.02. The molecule has 1 rings (SSSR count). The van der Waals surface area contributed by atoms with Gasteiger partial charge in [0.1, 0.15) is 5.82 Å². The van der Waals surface area contributed by atoms with Crippen molar-refractivity contribution in [3.05, 3.63) is 34.1 Å². The normalized spacial score (nSPS) is 12.5. The van der Waals surface area contributed by atoms with Crippen molar-refractivity contribution in [1.29, 1.82) is 0 Å². The Hall–Kier alpha value is -0.900. The minimum Gasteiger partial charge on any atom is -0.481 e. The fourth-order valence-corrected chi connectivity index (χ4v) is 1.36. The summed E-state index contributed by atoms with van der Waals surface area (Å²) in [6, 6.07) is 4.26. The van der Waals surface area contributed by atoms with Gasteiger partial charge in [0.15, 0.2) is 0 Å². The number of halogens is 2. The van der Waals surface area contributed by atoms with Gasteiger partial charge >= 0.3 is 5.97 Å². The van der Waals surface area contributed by atoms with Crippen LogP contribution in [-0.4, -0.2) is 11.1 Å². The maximum atomic E-state index is 13.1. The molecule has 0 saturated carbocycles. The van der Waals surface area contributed by atoms with Crippen LogP contribution in [0.5, 0.6) is 0 Å². The SMILES string of the molecule is CC(C(=O)O)c1cc(Br)ccc1F. The molecule has 0 saturated heterocycles. The lowest BCUT2D eigenvalue weighted by Gasteiger charge is -2.07. The molecule has 0 amide bonds. The Bertz CT molecular complexity index is 338. The highest BCUT2D eigenvalue weighted by Gasteiger charge is 2.17. The Balaban J connectivity index is 3.12. The summed E-state index contributed by atoms with van der Waals surface area (Å²) < 4.78 is 13.8. The Kier molecular flexibility index (Phi) is 3.03. The first-order valence-corrected chi connectivity index (χ1v) is 4.49. The van der Waals surface area contributed by atoms with Gasteiger partial charge in [0, 0.05) is 10.0 Å². The van der Waals surface area contributed by atoms with Crippen LogP contribution in [0.1, 0.15) is 18.4 Å². The molecule has 0 radical (unpaired) electrons. The van der Waals surface area contributed by atoms with E-state index in [0.717, 1.165) is 0 Å². The number of carboxylic acid groups (broad SMARTS) is 1. The zero-order chi connectivity index (χ0) is 10.0. The van der Waals surface area contributed by atoms with Crippen molar-refractivity contribution < 1.29 is 14.3 Å². The summed E-state index contributed by atoms with van der Waals surface area (Å²) in [6.45, 7) is 1.45. The fourth-order valence-electron chi connectivity index (χ4n) is 0.979. The number of hydrogen-bond acceptors (Lipinski definition) is 1. The molecule has 1 aromatic carbocycles. The molecular weight excluding hydrogens is 239 g/mol. The molecule has 0 aliphatic rings. The molecule has 13 heavy (non-hydrogen) atoms. The summed E-state index contributed by atoms with van der Waals surface area (Å²) >= 11 is 3.15. The van der Waals surface area contributed by atoms with E-state index >= 15 is 0 Å². The van der Waals surface area contributed by atoms with E-state index in [1.165, 1.54) is 25.1 Å². The van der Waals surface area contributed by atoms with Crippen LogP contribution in [0.3, 0.4) is 0 Å². The minimum absolute atomic E-state index is 0.196. The van der Waals surface area contributed by atoms with Gasteiger partial charge in [-0.05, 0) is 25.1 Å². The van der Waals surface area contributed by atoms with Gasteiger partial charge in [0.05, 0.1) is 5.92 Å². The molecule has 0 aliphatic carbocycles. The summed E-state index contributed by atoms with van der Waals surface area (Å²) in [6.07, 6.45) is 0. The predicted molar refractivity (Wildman–Crippen MR) is 50.2 cm³/mol. The van der Waals surface area contributed by atoms with Crippen LogP contribution in [0, 0.1) is 5.82 Å². The second-order valence-corrected chi connectivity index (χ2v) is 3.64. The van der Waals surface area contributed by atoms with Gasteiger partial charge in [0.25, 0.3) is 0 Å². The molecule has 0 bridgehead atoms. The average Bonchev–Trinajstić information content (AvgIpc) is 2.08. The molecule has 0 aromatic heterocycles. The Morgan fingerprint density at radius 3 is 2.77 bits per heavy atom. The molecule has 1 aromatic rings. The van der Waals surface area contributed by atoms with Gasteiger partial charge in [-0.15, -0.1) is 0 Å². The Labute approximate surface area is 83.5 Å². The predicted octanol–water partition coefficient (Wildman–Crippen LogP) is 2.78. The summed E-state index contributed by atoms with van der Waals surface area (Å²) in [5.41, 5.74) is 0.196. The second-order valence-electron chi connectivity index (χ2n) is 2.73. The largest absolute Gasteiger partial charge is 0.481 e. The summed E-state index contributed by atoms with van der Waals surface area (Å²) in [7, 11) is 0. The highest BCUT2D eigenvalue weighted by atomic mass is 79.9. The lowest BCUT2D eigenvalue weighted by Crippen LogP contribution is -2.09. The standard InChI is InChI=1S/C9H8BrFO2/c1-5(9(12)13)7-4-6(10)2-3-8(7)11/h2-5H,1H3,(H,12,13). The third kappa shape index (κ3) is 2.28. The number of hydrogen-bond donors (Lipinski definition) is 1. The molecule has 0 aliphatic heterocycles. The van der Waals surface area contributed by atoms with Crippen LogP contribution in [0.15, 0.2) is 22.7 Å². The molecule has 1 unspecified atom stereocenters. The minimum atomic E-state index is -1.03. The fraction of sp³-hybridized carbons (Fsp3) is 0.222. The van der Waals surface area contributed by atoms with Crippen molar-refractivity contribution in [3.8, 4) is 0 Å². The van der Waals surface area contributed by atoms with Crippen LogP contribution < -0.4 is 0 Å². The van der Waals surface area contributed by atoms with E-state index in [1.807, 2.05) is 0 Å². The van der Waals surface area contributed by atoms with Crippen molar-refractivity contribution in [1.82, 2.24) is 0 Å². The first kappa shape index (κ1) is 10.2. The van der Waals surface area contributed by atoms with Gasteiger partial charge in [-0.3, -0.25) is 4.79 Å². The summed E-state index contributed by atoms with van der Waals surface area (Å²) in [5, 5.41) is 8.67. The van der Waals surface area contributed by atoms with E-state index in [9.17, 15) is 9.18 Å². The number of benzene rings is 1. The van der Waals surface area contributed by atoms with E-state index in [1.54, 1.807) is 0 Å². The molecule has 70 valence electrons. The van der Waals surface area contributed by atoms with Crippen molar-refractivity contribution >= 4 is 21.9 Å². The smallest absolute Gasteiger partial charge is 0.310 e. The number of aliphatic carboxylic acids is 1. The van der Waals surface area contributed by atoms with Gasteiger partial charge in [-0.25, -0.2) is 4.39 Å². The molecular formula is C9H8BrFO2. The van der Waals surface area contributed by atoms with E-state index in [0.29, 0.717) is 4.47 Å². The van der Waals surface area contributed by atoms with E-state index in [-0.39, 0.29) is 5.56 Å². The van der Waals surface area contributed by atoms with E-state index in [2.05, 4.69) is 15.9 Å². The maximum Gasteiger partial charge on any atom is 0.310 e. The molecule has 0 spiro atoms. The lowest BCUT2D eigenvalue weighted by atomic mass is 10.0. The van der Waals surface area contributed by atoms with Gasteiger partial charge in [-0.1, -0.05) is 15.9 Å². The van der Waals surface area contributed by atoms with Crippen LogP contribution in [-0.2, 0) is 4.79 Å². The summed E-state index contributed by atoms with van der Waals surface area (Å²) in [5.74, 6) is -2.34. The molecule has 2 nitrogen and oxygen atoms in total. The van der Waals surface area contributed by atoms with E-state index in [4.69, 9.17) is 5.11 Å². The average molecular weight is 247 g/mol. The molecule has 4 heteroatoms. The Morgan fingerprint density at radius 2 is 2.23 bits per heavy atom. The number of rotatable bonds is 2. The topological polar surface area (TPSA) is 37.3 Å². The van der Waals surface area contributed by atoms with Crippen molar-refractivity contribution in [2.75, 3.05) is 0 Å². The molecule has 0 heterocycles. The Morgan fingerprint density at radius 1 is 1.62 bits per heavy atom.